The molecule has 0 aliphatic carbocycles. The number of fused-ring (bicyclic) bond motifs is 2. The number of aromatic hydroxyl groups is 1. The van der Waals surface area contributed by atoms with Crippen molar-refractivity contribution in [1.29, 1.82) is 0 Å². The molecule has 0 amide bonds. The fraction of sp³-hybridized carbons (Fsp3) is 0.200. The molecule has 6 nitrogen and oxygen atoms in total. The van der Waals surface area contributed by atoms with Crippen molar-refractivity contribution in [3.63, 3.8) is 0 Å². The van der Waals surface area contributed by atoms with Gasteiger partial charge >= 0.3 is 0 Å². The summed E-state index contributed by atoms with van der Waals surface area (Å²) in [6.07, 6.45) is 0. The minimum absolute atomic E-state index is 0.0844. The van der Waals surface area contributed by atoms with Crippen molar-refractivity contribution in [2.75, 3.05) is 0 Å². The van der Waals surface area contributed by atoms with Gasteiger partial charge in [0.2, 0.25) is 0 Å². The van der Waals surface area contributed by atoms with Crippen LogP contribution in [0.15, 0.2) is 27.8 Å². The lowest BCUT2D eigenvalue weighted by Crippen LogP contribution is -2.18. The highest BCUT2D eigenvalue weighted by molar-refractivity contribution is 6.05. The standard InChI is InChI=1S/C15H12N2O4/c1-7-3-12(20)17-6-21-15-13-9(4-8(7)14(15)17)10(18)5-11(19)16(13)2/h3-5,18H,6H2,1-2H3. The lowest BCUT2D eigenvalue weighted by Gasteiger charge is -2.11. The Kier molecular flexibility index (Phi) is 2.10. The van der Waals surface area contributed by atoms with Gasteiger partial charge in [-0.3, -0.25) is 14.2 Å². The van der Waals surface area contributed by atoms with Gasteiger partial charge in [0.05, 0.1) is 11.0 Å². The third-order valence-corrected chi connectivity index (χ3v) is 4.07. The fourth-order valence-electron chi connectivity index (χ4n) is 2.98. The average Bonchev–Trinajstić information content (AvgIpc) is 2.87. The average molecular weight is 284 g/mol. The normalized spacial score (nSPS) is 13.0. The SMILES string of the molecule is Cc1cc(=O)n2c3c(c4c(cc13)c(O)cc(=O)n4C)OC2. The summed E-state index contributed by atoms with van der Waals surface area (Å²) in [6, 6.07) is 4.52. The largest absolute Gasteiger partial charge is 0.507 e. The van der Waals surface area contributed by atoms with Crippen molar-refractivity contribution in [3.05, 3.63) is 44.5 Å². The molecule has 106 valence electrons. The lowest BCUT2D eigenvalue weighted by molar-refractivity contribution is 0.268. The second-order valence-electron chi connectivity index (χ2n) is 5.29. The Hall–Kier alpha value is -2.76. The minimum Gasteiger partial charge on any atom is -0.507 e. The number of pyridine rings is 2. The van der Waals surface area contributed by atoms with Crippen LogP contribution in [0, 0.1) is 6.92 Å². The van der Waals surface area contributed by atoms with Crippen LogP contribution >= 0.6 is 0 Å². The first-order valence-corrected chi connectivity index (χ1v) is 6.51. The molecule has 0 saturated heterocycles. The first-order chi connectivity index (χ1) is 9.99. The van der Waals surface area contributed by atoms with Gasteiger partial charge in [-0.05, 0) is 18.6 Å². The van der Waals surface area contributed by atoms with E-state index in [0.29, 0.717) is 22.2 Å². The maximum atomic E-state index is 12.0. The molecular formula is C15H12N2O4. The summed E-state index contributed by atoms with van der Waals surface area (Å²) in [6.45, 7) is 1.96. The van der Waals surface area contributed by atoms with Gasteiger partial charge in [-0.2, -0.15) is 0 Å². The Morgan fingerprint density at radius 3 is 2.62 bits per heavy atom. The number of aryl methyl sites for hydroxylation is 2. The van der Waals surface area contributed by atoms with Gasteiger partial charge < -0.3 is 14.4 Å². The van der Waals surface area contributed by atoms with E-state index in [2.05, 4.69) is 0 Å². The summed E-state index contributed by atoms with van der Waals surface area (Å²) >= 11 is 0. The second kappa shape index (κ2) is 3.66. The van der Waals surface area contributed by atoms with Gasteiger partial charge in [-0.1, -0.05) is 0 Å². The van der Waals surface area contributed by atoms with E-state index in [0.717, 1.165) is 10.9 Å². The zero-order chi connectivity index (χ0) is 14.9. The maximum absolute atomic E-state index is 12.0. The van der Waals surface area contributed by atoms with Gasteiger partial charge in [0.1, 0.15) is 5.75 Å². The molecule has 6 heteroatoms. The molecular weight excluding hydrogens is 272 g/mol. The van der Waals surface area contributed by atoms with Gasteiger partial charge in [0.15, 0.2) is 12.5 Å². The predicted molar refractivity (Wildman–Crippen MR) is 78.0 cm³/mol. The molecule has 0 radical (unpaired) electrons. The summed E-state index contributed by atoms with van der Waals surface area (Å²) < 4.78 is 8.60. The van der Waals surface area contributed by atoms with Crippen LogP contribution in [0.5, 0.6) is 11.5 Å². The Morgan fingerprint density at radius 1 is 1.10 bits per heavy atom. The highest BCUT2D eigenvalue weighted by atomic mass is 16.5. The van der Waals surface area contributed by atoms with Crippen LogP contribution in [-0.4, -0.2) is 14.2 Å². The summed E-state index contributed by atoms with van der Waals surface area (Å²) in [7, 11) is 1.62. The van der Waals surface area contributed by atoms with Crippen LogP contribution in [0.1, 0.15) is 5.56 Å². The fourth-order valence-corrected chi connectivity index (χ4v) is 2.98. The number of hydrogen-bond acceptors (Lipinski definition) is 4. The van der Waals surface area contributed by atoms with Crippen LogP contribution in [-0.2, 0) is 13.8 Å². The first kappa shape index (κ1) is 12.0. The van der Waals surface area contributed by atoms with E-state index >= 15 is 0 Å². The van der Waals surface area contributed by atoms with Crippen LogP contribution in [0.3, 0.4) is 0 Å². The Labute approximate surface area is 118 Å². The third-order valence-electron chi connectivity index (χ3n) is 4.07. The van der Waals surface area contributed by atoms with E-state index < -0.39 is 0 Å². The molecule has 3 heterocycles. The van der Waals surface area contributed by atoms with E-state index in [1.165, 1.54) is 15.2 Å². The Bertz CT molecular complexity index is 1060. The Morgan fingerprint density at radius 2 is 1.86 bits per heavy atom. The number of benzene rings is 1. The number of nitrogens with zero attached hydrogens (tertiary/aromatic N) is 2. The molecule has 1 N–H and O–H groups in total. The second-order valence-corrected chi connectivity index (χ2v) is 5.29. The van der Waals surface area contributed by atoms with Crippen molar-refractivity contribution >= 4 is 21.8 Å². The summed E-state index contributed by atoms with van der Waals surface area (Å²) in [5, 5.41) is 11.5. The summed E-state index contributed by atoms with van der Waals surface area (Å²) in [5.74, 6) is 0.387. The topological polar surface area (TPSA) is 73.5 Å². The van der Waals surface area contributed by atoms with Gasteiger partial charge in [-0.25, -0.2) is 0 Å². The molecule has 0 atom stereocenters. The monoisotopic (exact) mass is 284 g/mol. The third kappa shape index (κ3) is 1.36. The number of ether oxygens (including phenoxy) is 1. The molecule has 1 aliphatic heterocycles. The first-order valence-electron chi connectivity index (χ1n) is 6.51. The zero-order valence-corrected chi connectivity index (χ0v) is 11.5. The van der Waals surface area contributed by atoms with Crippen LogP contribution in [0.4, 0.5) is 0 Å². The van der Waals surface area contributed by atoms with Crippen molar-refractivity contribution in [2.24, 2.45) is 7.05 Å². The smallest absolute Gasteiger partial charge is 0.254 e. The predicted octanol–water partition coefficient (Wildman–Crippen LogP) is 1.22. The van der Waals surface area contributed by atoms with Gasteiger partial charge in [0.25, 0.3) is 11.1 Å². The molecule has 0 fully saturated rings. The zero-order valence-electron chi connectivity index (χ0n) is 11.5. The lowest BCUT2D eigenvalue weighted by atomic mass is 10.0. The van der Waals surface area contributed by atoms with Crippen molar-refractivity contribution in [2.45, 2.75) is 13.7 Å². The summed E-state index contributed by atoms with van der Waals surface area (Å²) in [4.78, 5) is 23.9. The quantitative estimate of drug-likeness (QED) is 0.630. The number of hydrogen-bond donors (Lipinski definition) is 1. The van der Waals surface area contributed by atoms with Crippen LogP contribution in [0.2, 0.25) is 0 Å². The van der Waals surface area contributed by atoms with Gasteiger partial charge in [0, 0.05) is 30.0 Å². The van der Waals surface area contributed by atoms with E-state index in [1.54, 1.807) is 19.2 Å². The number of aromatic nitrogens is 2. The van der Waals surface area contributed by atoms with E-state index in [9.17, 15) is 14.7 Å². The van der Waals surface area contributed by atoms with Crippen molar-refractivity contribution < 1.29 is 9.84 Å². The molecule has 0 unspecified atom stereocenters. The molecule has 3 aromatic rings. The maximum Gasteiger partial charge on any atom is 0.254 e. The van der Waals surface area contributed by atoms with Crippen molar-refractivity contribution in [1.82, 2.24) is 9.13 Å². The van der Waals surface area contributed by atoms with E-state index in [-0.39, 0.29) is 23.6 Å². The molecule has 1 aromatic carbocycles. The highest BCUT2D eigenvalue weighted by Crippen LogP contribution is 2.40. The molecule has 4 rings (SSSR count). The highest BCUT2D eigenvalue weighted by Gasteiger charge is 2.24. The van der Waals surface area contributed by atoms with Gasteiger partial charge in [-0.15, -0.1) is 0 Å². The Balaban J connectivity index is 2.41. The minimum atomic E-state index is -0.326. The molecule has 0 spiro atoms. The molecule has 1 aliphatic rings. The summed E-state index contributed by atoms with van der Waals surface area (Å²) in [5.41, 5.74) is 1.53. The van der Waals surface area contributed by atoms with Crippen molar-refractivity contribution in [3.8, 4) is 11.5 Å². The van der Waals surface area contributed by atoms with E-state index in [4.69, 9.17) is 4.74 Å². The molecule has 0 saturated carbocycles. The molecule has 2 aromatic heterocycles. The molecule has 0 bridgehead atoms. The number of rotatable bonds is 0. The molecule has 21 heavy (non-hydrogen) atoms. The van der Waals surface area contributed by atoms with Crippen LogP contribution < -0.4 is 15.9 Å². The van der Waals surface area contributed by atoms with E-state index in [1.807, 2.05) is 6.92 Å². The van der Waals surface area contributed by atoms with Crippen LogP contribution in [0.25, 0.3) is 21.8 Å².